The maximum absolute atomic E-state index is 13.0. The van der Waals surface area contributed by atoms with Crippen LogP contribution < -0.4 is 4.72 Å². The molecule has 1 unspecified atom stereocenters. The van der Waals surface area contributed by atoms with E-state index in [0.717, 1.165) is 24.5 Å². The van der Waals surface area contributed by atoms with Gasteiger partial charge in [-0.05, 0) is 31.0 Å². The molecular weight excluding hydrogens is 355 g/mol. The zero-order chi connectivity index (χ0) is 16.5. The molecule has 1 aromatic rings. The molecule has 1 atom stereocenters. The van der Waals surface area contributed by atoms with E-state index >= 15 is 0 Å². The Morgan fingerprint density at radius 1 is 1.32 bits per heavy atom. The molecule has 1 aliphatic heterocycles. The first kappa shape index (κ1) is 17.6. The summed E-state index contributed by atoms with van der Waals surface area (Å²) in [5.41, 5.74) is 0. The van der Waals surface area contributed by atoms with Crippen LogP contribution in [0.4, 0.5) is 4.39 Å². The fraction of sp³-hybridized carbons (Fsp3) is 0.500. The summed E-state index contributed by atoms with van der Waals surface area (Å²) >= 11 is 5.77. The Hall–Kier alpha value is -0.740. The van der Waals surface area contributed by atoms with E-state index in [4.69, 9.17) is 11.6 Å². The minimum atomic E-state index is -3.95. The van der Waals surface area contributed by atoms with E-state index in [1.165, 1.54) is 4.31 Å². The highest BCUT2D eigenvalue weighted by Crippen LogP contribution is 2.23. The summed E-state index contributed by atoms with van der Waals surface area (Å²) in [6.07, 6.45) is 2.15. The second kappa shape index (κ2) is 6.40. The van der Waals surface area contributed by atoms with Gasteiger partial charge in [-0.15, -0.1) is 0 Å². The van der Waals surface area contributed by atoms with Gasteiger partial charge in [-0.1, -0.05) is 11.6 Å². The molecule has 0 aromatic heterocycles. The normalized spacial score (nSPS) is 21.0. The Morgan fingerprint density at radius 2 is 2.00 bits per heavy atom. The fourth-order valence-corrected chi connectivity index (χ4v) is 5.02. The third kappa shape index (κ3) is 4.17. The van der Waals surface area contributed by atoms with Crippen molar-refractivity contribution in [2.45, 2.75) is 23.8 Å². The Kier molecular flexibility index (Phi) is 5.13. The molecule has 10 heteroatoms. The van der Waals surface area contributed by atoms with Crippen molar-refractivity contribution in [1.29, 1.82) is 0 Å². The highest BCUT2D eigenvalue weighted by atomic mass is 35.5. The largest absolute Gasteiger partial charge is 0.242 e. The minimum absolute atomic E-state index is 0.0663. The van der Waals surface area contributed by atoms with Gasteiger partial charge < -0.3 is 0 Å². The number of benzene rings is 1. The summed E-state index contributed by atoms with van der Waals surface area (Å²) in [4.78, 5) is -0.230. The minimum Gasteiger partial charge on any atom is -0.213 e. The lowest BCUT2D eigenvalue weighted by Gasteiger charge is -2.31. The predicted octanol–water partition coefficient (Wildman–Crippen LogP) is 1.18. The Labute approximate surface area is 134 Å². The average Bonchev–Trinajstić information content (AvgIpc) is 2.36. The summed E-state index contributed by atoms with van der Waals surface area (Å²) in [5, 5.41) is -0.219. The molecule has 124 valence electrons. The summed E-state index contributed by atoms with van der Waals surface area (Å²) in [6, 6.07) is 2.45. The van der Waals surface area contributed by atoms with Gasteiger partial charge in [0.25, 0.3) is 0 Å². The van der Waals surface area contributed by atoms with Gasteiger partial charge in [0, 0.05) is 19.1 Å². The number of piperidine rings is 1. The quantitative estimate of drug-likeness (QED) is 0.862. The number of sulfonamides is 2. The predicted molar refractivity (Wildman–Crippen MR) is 81.2 cm³/mol. The molecule has 22 heavy (non-hydrogen) atoms. The van der Waals surface area contributed by atoms with Crippen molar-refractivity contribution in [2.75, 3.05) is 19.3 Å². The Balaban J connectivity index is 2.18. The first-order valence-corrected chi connectivity index (χ1v) is 10.2. The third-order valence-electron chi connectivity index (χ3n) is 3.36. The van der Waals surface area contributed by atoms with E-state index in [0.29, 0.717) is 19.4 Å². The summed E-state index contributed by atoms with van der Waals surface area (Å²) in [5.74, 6) is -0.634. The topological polar surface area (TPSA) is 83.6 Å². The van der Waals surface area contributed by atoms with Crippen LogP contribution in [0.15, 0.2) is 23.1 Å². The number of nitrogens with zero attached hydrogens (tertiary/aromatic N) is 1. The first-order chi connectivity index (χ1) is 10.1. The van der Waals surface area contributed by atoms with Crippen LogP contribution in [0.5, 0.6) is 0 Å². The SMILES string of the molecule is CS(=O)(=O)N1CCCC(NS(=O)(=O)c2ccc(F)cc2Cl)C1. The smallest absolute Gasteiger partial charge is 0.213 e. The molecule has 1 N–H and O–H groups in total. The Morgan fingerprint density at radius 3 is 2.59 bits per heavy atom. The van der Waals surface area contributed by atoms with Gasteiger partial charge in [0.2, 0.25) is 20.0 Å². The van der Waals surface area contributed by atoms with E-state index in [9.17, 15) is 21.2 Å². The molecule has 1 heterocycles. The summed E-state index contributed by atoms with van der Waals surface area (Å²) in [6.45, 7) is 0.436. The van der Waals surface area contributed by atoms with Crippen LogP contribution in [-0.2, 0) is 20.0 Å². The molecule has 1 fully saturated rings. The zero-order valence-electron chi connectivity index (χ0n) is 11.8. The van der Waals surface area contributed by atoms with Crippen molar-refractivity contribution >= 4 is 31.6 Å². The number of nitrogens with one attached hydrogen (secondary N) is 1. The van der Waals surface area contributed by atoms with E-state index in [2.05, 4.69) is 4.72 Å². The van der Waals surface area contributed by atoms with Crippen molar-refractivity contribution in [3.8, 4) is 0 Å². The monoisotopic (exact) mass is 370 g/mol. The molecule has 0 aliphatic carbocycles. The highest BCUT2D eigenvalue weighted by Gasteiger charge is 2.30. The van der Waals surface area contributed by atoms with Gasteiger partial charge in [0.1, 0.15) is 10.7 Å². The van der Waals surface area contributed by atoms with Crippen molar-refractivity contribution in [1.82, 2.24) is 9.03 Å². The lowest BCUT2D eigenvalue weighted by Crippen LogP contribution is -2.49. The van der Waals surface area contributed by atoms with Gasteiger partial charge in [-0.3, -0.25) is 0 Å². The van der Waals surface area contributed by atoms with Crippen LogP contribution in [0.1, 0.15) is 12.8 Å². The second-order valence-corrected chi connectivity index (χ2v) is 9.23. The molecule has 0 amide bonds. The van der Waals surface area contributed by atoms with Gasteiger partial charge in [-0.25, -0.2) is 30.3 Å². The van der Waals surface area contributed by atoms with Crippen molar-refractivity contribution < 1.29 is 21.2 Å². The van der Waals surface area contributed by atoms with Crippen LogP contribution in [0.3, 0.4) is 0 Å². The van der Waals surface area contributed by atoms with Crippen LogP contribution in [0.25, 0.3) is 0 Å². The van der Waals surface area contributed by atoms with Crippen molar-refractivity contribution in [2.24, 2.45) is 0 Å². The zero-order valence-corrected chi connectivity index (χ0v) is 14.2. The van der Waals surface area contributed by atoms with Crippen LogP contribution in [0, 0.1) is 5.82 Å². The Bertz CT molecular complexity index is 767. The molecule has 0 spiro atoms. The van der Waals surface area contributed by atoms with Crippen LogP contribution in [0.2, 0.25) is 5.02 Å². The number of rotatable bonds is 4. The van der Waals surface area contributed by atoms with Crippen molar-refractivity contribution in [3.05, 3.63) is 29.0 Å². The van der Waals surface area contributed by atoms with Gasteiger partial charge in [-0.2, -0.15) is 0 Å². The maximum atomic E-state index is 13.0. The van der Waals surface area contributed by atoms with Gasteiger partial charge in [0.15, 0.2) is 0 Å². The second-order valence-electron chi connectivity index (χ2n) is 5.16. The third-order valence-corrected chi connectivity index (χ3v) is 6.63. The average molecular weight is 371 g/mol. The molecule has 6 nitrogen and oxygen atoms in total. The molecular formula is C12H16ClFN2O4S2. The lowest BCUT2D eigenvalue weighted by atomic mass is 10.1. The fourth-order valence-electron chi connectivity index (χ4n) is 2.32. The number of hydrogen-bond acceptors (Lipinski definition) is 4. The molecule has 1 aliphatic rings. The highest BCUT2D eigenvalue weighted by molar-refractivity contribution is 7.89. The van der Waals surface area contributed by atoms with Gasteiger partial charge in [0.05, 0.1) is 11.3 Å². The lowest BCUT2D eigenvalue weighted by molar-refractivity contribution is 0.305. The molecule has 0 bridgehead atoms. The molecule has 0 saturated carbocycles. The molecule has 2 rings (SSSR count). The van der Waals surface area contributed by atoms with Crippen LogP contribution in [-0.4, -0.2) is 46.5 Å². The van der Waals surface area contributed by atoms with Crippen molar-refractivity contribution in [3.63, 3.8) is 0 Å². The molecule has 0 radical (unpaired) electrons. The standard InChI is InChI=1S/C12H16ClFN2O4S2/c1-21(17,18)16-6-2-3-10(8-16)15-22(19,20)12-5-4-9(14)7-11(12)13/h4-5,7,10,15H,2-3,6,8H2,1H3. The van der Waals surface area contributed by atoms with E-state index in [1.807, 2.05) is 0 Å². The summed E-state index contributed by atoms with van der Waals surface area (Å²) < 4.78 is 64.4. The van der Waals surface area contributed by atoms with E-state index in [1.54, 1.807) is 0 Å². The van der Waals surface area contributed by atoms with Gasteiger partial charge >= 0.3 is 0 Å². The van der Waals surface area contributed by atoms with E-state index < -0.39 is 31.9 Å². The van der Waals surface area contributed by atoms with E-state index in [-0.39, 0.29) is 16.5 Å². The molecule has 1 saturated heterocycles. The number of hydrogen-bond donors (Lipinski definition) is 1. The maximum Gasteiger partial charge on any atom is 0.242 e. The first-order valence-electron chi connectivity index (χ1n) is 6.52. The molecule has 1 aromatic carbocycles. The number of halogens is 2. The summed E-state index contributed by atoms with van der Waals surface area (Å²) in [7, 11) is -7.32. The van der Waals surface area contributed by atoms with Crippen LogP contribution >= 0.6 is 11.6 Å².